The first kappa shape index (κ1) is 17.6. The van der Waals surface area contributed by atoms with Gasteiger partial charge in [-0.1, -0.05) is 13.3 Å². The summed E-state index contributed by atoms with van der Waals surface area (Å²) in [6.45, 7) is 1.01. The number of ether oxygens (including phenoxy) is 2. The average Bonchev–Trinajstić information content (AvgIpc) is 2.78. The summed E-state index contributed by atoms with van der Waals surface area (Å²) in [6, 6.07) is 0. The van der Waals surface area contributed by atoms with Gasteiger partial charge in [0.05, 0.1) is 5.57 Å². The van der Waals surface area contributed by atoms with Crippen molar-refractivity contribution < 1.29 is 29.0 Å². The molecule has 0 bridgehead atoms. The number of hydrogen-bond acceptors (Lipinski definition) is 7. The largest absolute Gasteiger partial charge is 0.456 e. The molecule has 0 aromatic heterocycles. The molecule has 21 heavy (non-hydrogen) atoms. The highest BCUT2D eigenvalue weighted by molar-refractivity contribution is 9.28. The quantitative estimate of drug-likeness (QED) is 0.348. The van der Waals surface area contributed by atoms with E-state index in [1.165, 1.54) is 6.08 Å². The highest BCUT2D eigenvalue weighted by atomic mass is 79.9. The van der Waals surface area contributed by atoms with Gasteiger partial charge in [0.15, 0.2) is 12.4 Å². The second-order valence-corrected chi connectivity index (χ2v) is 6.53. The molecule has 1 rings (SSSR count). The monoisotopic (exact) mass is 427 g/mol. The summed E-state index contributed by atoms with van der Waals surface area (Å²) in [4.78, 5) is 37.1. The molecule has 0 fully saturated rings. The standard InChI is InChI=1S/C11H11Br2NO7/c1-2-3-7(20-9(15)5-19-14(17)18)6-4-8(10(12)13)21-11(6)16/h4,7H,2-3,5H2,1H3. The maximum atomic E-state index is 11.8. The van der Waals surface area contributed by atoms with Gasteiger partial charge in [0.25, 0.3) is 5.09 Å². The van der Waals surface area contributed by atoms with Crippen LogP contribution in [0.25, 0.3) is 0 Å². The van der Waals surface area contributed by atoms with Gasteiger partial charge in [0.1, 0.15) is 9.50 Å². The van der Waals surface area contributed by atoms with Crippen LogP contribution in [-0.2, 0) is 23.9 Å². The van der Waals surface area contributed by atoms with Gasteiger partial charge in [-0.15, -0.1) is 10.1 Å². The fraction of sp³-hybridized carbons (Fsp3) is 0.455. The molecule has 1 aliphatic rings. The fourth-order valence-electron chi connectivity index (χ4n) is 1.54. The number of carbonyl (C=O) groups is 2. The Hall–Kier alpha value is -1.42. The summed E-state index contributed by atoms with van der Waals surface area (Å²) in [6.07, 6.45) is 1.59. The van der Waals surface area contributed by atoms with Gasteiger partial charge in [0.2, 0.25) is 0 Å². The molecular formula is C11H11Br2NO7. The van der Waals surface area contributed by atoms with Crippen LogP contribution < -0.4 is 0 Å². The minimum atomic E-state index is -1.10. The number of rotatable bonds is 7. The van der Waals surface area contributed by atoms with Crippen molar-refractivity contribution >= 4 is 43.8 Å². The number of nitrogens with zero attached hydrogens (tertiary/aromatic N) is 1. The lowest BCUT2D eigenvalue weighted by Crippen LogP contribution is -2.26. The van der Waals surface area contributed by atoms with Crippen molar-refractivity contribution in [2.75, 3.05) is 6.61 Å². The molecule has 10 heteroatoms. The van der Waals surface area contributed by atoms with E-state index in [1.807, 2.05) is 6.92 Å². The van der Waals surface area contributed by atoms with E-state index in [9.17, 15) is 19.7 Å². The van der Waals surface area contributed by atoms with Crippen LogP contribution in [0.1, 0.15) is 19.8 Å². The number of esters is 2. The first-order valence-electron chi connectivity index (χ1n) is 5.81. The number of cyclic esters (lactones) is 1. The normalized spacial score (nSPS) is 15.1. The minimum absolute atomic E-state index is 0.165. The van der Waals surface area contributed by atoms with Crippen LogP contribution >= 0.6 is 31.9 Å². The van der Waals surface area contributed by atoms with Crippen molar-refractivity contribution in [1.29, 1.82) is 0 Å². The Morgan fingerprint density at radius 2 is 2.19 bits per heavy atom. The summed E-state index contributed by atoms with van der Waals surface area (Å²) >= 11 is 6.22. The molecule has 0 aromatic carbocycles. The molecular weight excluding hydrogens is 418 g/mol. The molecule has 8 nitrogen and oxygen atoms in total. The minimum Gasteiger partial charge on any atom is -0.456 e. The Balaban J connectivity index is 2.80. The predicted octanol–water partition coefficient (Wildman–Crippen LogP) is 2.35. The Labute approximate surface area is 136 Å². The van der Waals surface area contributed by atoms with Crippen LogP contribution in [0.3, 0.4) is 0 Å². The molecule has 0 aromatic rings. The van der Waals surface area contributed by atoms with Crippen molar-refractivity contribution in [2.45, 2.75) is 25.9 Å². The molecule has 0 aliphatic carbocycles. The van der Waals surface area contributed by atoms with E-state index in [-0.39, 0.29) is 11.3 Å². The number of carbonyl (C=O) groups excluding carboxylic acids is 2. The van der Waals surface area contributed by atoms with Gasteiger partial charge < -0.3 is 14.3 Å². The molecule has 0 radical (unpaired) electrons. The number of allylic oxidation sites excluding steroid dienone is 1. The number of hydrogen-bond donors (Lipinski definition) is 0. The predicted molar refractivity (Wildman–Crippen MR) is 76.8 cm³/mol. The third kappa shape index (κ3) is 5.46. The summed E-state index contributed by atoms with van der Waals surface area (Å²) in [5.74, 6) is -1.31. The summed E-state index contributed by atoms with van der Waals surface area (Å²) in [7, 11) is 0. The van der Waals surface area contributed by atoms with E-state index in [2.05, 4.69) is 36.7 Å². The van der Waals surface area contributed by atoms with Crippen LogP contribution in [0, 0.1) is 10.1 Å². The average molecular weight is 429 g/mol. The van der Waals surface area contributed by atoms with Gasteiger partial charge in [-0.2, -0.15) is 0 Å². The second-order valence-electron chi connectivity index (χ2n) is 3.88. The zero-order valence-corrected chi connectivity index (χ0v) is 14.0. The first-order chi connectivity index (χ1) is 9.85. The van der Waals surface area contributed by atoms with Crippen molar-refractivity contribution in [3.63, 3.8) is 0 Å². The Kier molecular flexibility index (Phi) is 6.82. The zero-order valence-electron chi connectivity index (χ0n) is 10.8. The molecule has 0 saturated heterocycles. The molecule has 0 saturated carbocycles. The van der Waals surface area contributed by atoms with Gasteiger partial charge in [-0.3, -0.25) is 0 Å². The lowest BCUT2D eigenvalue weighted by Gasteiger charge is -2.16. The molecule has 1 atom stereocenters. The Morgan fingerprint density at radius 1 is 1.52 bits per heavy atom. The van der Waals surface area contributed by atoms with Crippen LogP contribution in [0.15, 0.2) is 20.8 Å². The van der Waals surface area contributed by atoms with Crippen molar-refractivity contribution in [2.24, 2.45) is 0 Å². The third-order valence-corrected chi connectivity index (χ3v) is 3.15. The smallest absolute Gasteiger partial charge is 0.343 e. The Bertz CT molecular complexity index is 511. The van der Waals surface area contributed by atoms with Crippen LogP contribution in [0.5, 0.6) is 0 Å². The molecule has 1 unspecified atom stereocenters. The molecule has 1 heterocycles. The van der Waals surface area contributed by atoms with E-state index >= 15 is 0 Å². The fourth-order valence-corrected chi connectivity index (χ4v) is 1.93. The highest BCUT2D eigenvalue weighted by Gasteiger charge is 2.31. The van der Waals surface area contributed by atoms with E-state index in [0.717, 1.165) is 0 Å². The highest BCUT2D eigenvalue weighted by Crippen LogP contribution is 2.30. The Morgan fingerprint density at radius 3 is 2.67 bits per heavy atom. The zero-order chi connectivity index (χ0) is 16.0. The van der Waals surface area contributed by atoms with Crippen molar-refractivity contribution in [3.05, 3.63) is 30.9 Å². The van der Waals surface area contributed by atoms with Crippen LogP contribution in [-0.4, -0.2) is 29.7 Å². The second kappa shape index (κ2) is 8.13. The topological polar surface area (TPSA) is 105 Å². The number of halogens is 2. The maximum absolute atomic E-state index is 11.8. The molecule has 0 amide bonds. The van der Waals surface area contributed by atoms with E-state index in [0.29, 0.717) is 16.2 Å². The van der Waals surface area contributed by atoms with Gasteiger partial charge in [-0.25, -0.2) is 9.59 Å². The van der Waals surface area contributed by atoms with Crippen molar-refractivity contribution in [1.82, 2.24) is 0 Å². The lowest BCUT2D eigenvalue weighted by atomic mass is 10.1. The first-order valence-corrected chi connectivity index (χ1v) is 7.39. The van der Waals surface area contributed by atoms with Crippen LogP contribution in [0.4, 0.5) is 0 Å². The van der Waals surface area contributed by atoms with Crippen LogP contribution in [0.2, 0.25) is 0 Å². The van der Waals surface area contributed by atoms with E-state index in [1.54, 1.807) is 0 Å². The van der Waals surface area contributed by atoms with Gasteiger partial charge >= 0.3 is 11.9 Å². The van der Waals surface area contributed by atoms with E-state index < -0.39 is 29.7 Å². The maximum Gasteiger partial charge on any atom is 0.343 e. The van der Waals surface area contributed by atoms with Gasteiger partial charge in [0, 0.05) is 0 Å². The summed E-state index contributed by atoms with van der Waals surface area (Å²) < 4.78 is 10.4. The molecule has 1 aliphatic heterocycles. The summed E-state index contributed by atoms with van der Waals surface area (Å²) in [5, 5.41) is 8.92. The third-order valence-electron chi connectivity index (χ3n) is 2.37. The molecule has 0 N–H and O–H groups in total. The van der Waals surface area contributed by atoms with E-state index in [4.69, 9.17) is 9.47 Å². The molecule has 0 spiro atoms. The SMILES string of the molecule is CCCC(OC(=O)CO[N+](=O)[O-])C1=CC(=C(Br)Br)OC1=O. The molecule has 116 valence electrons. The lowest BCUT2D eigenvalue weighted by molar-refractivity contribution is -0.754. The summed E-state index contributed by atoms with van der Waals surface area (Å²) in [5.41, 5.74) is 0.165. The van der Waals surface area contributed by atoms with Gasteiger partial charge in [-0.05, 0) is 44.4 Å². The van der Waals surface area contributed by atoms with Crippen molar-refractivity contribution in [3.8, 4) is 0 Å².